The van der Waals surface area contributed by atoms with Crippen molar-refractivity contribution >= 4 is 32.1 Å². The Morgan fingerprint density at radius 3 is 2.50 bits per heavy atom. The Morgan fingerprint density at radius 2 is 1.75 bits per heavy atom. The zero-order chi connectivity index (χ0) is 13.8. The van der Waals surface area contributed by atoms with Crippen LogP contribution in [0.25, 0.3) is 19.8 Å². The van der Waals surface area contributed by atoms with Gasteiger partial charge < -0.3 is 0 Å². The minimum absolute atomic E-state index is 1.22. The molecule has 0 fully saturated rings. The highest BCUT2D eigenvalue weighted by Crippen LogP contribution is 2.36. The number of thiophene rings is 2. The number of hydrogen-bond acceptors (Lipinski definition) is 2. The molecule has 2 aromatic heterocycles. The van der Waals surface area contributed by atoms with E-state index in [0.717, 1.165) is 0 Å². The Morgan fingerprint density at radius 1 is 0.900 bits per heavy atom. The lowest BCUT2D eigenvalue weighted by Crippen LogP contribution is -1.85. The average molecular weight is 300 g/mol. The van der Waals surface area contributed by atoms with Crippen LogP contribution in [-0.2, 0) is 6.42 Å². The minimum Gasteiger partial charge on any atom is -0.143 e. The molecule has 0 unspecified atom stereocenters. The van der Waals surface area contributed by atoms with Crippen LogP contribution in [0.4, 0.5) is 0 Å². The van der Waals surface area contributed by atoms with E-state index in [1.54, 1.807) is 0 Å². The van der Waals surface area contributed by atoms with Gasteiger partial charge >= 0.3 is 0 Å². The smallest absolute Gasteiger partial charge is 0.0457 e. The van der Waals surface area contributed by atoms with Crippen molar-refractivity contribution in [1.29, 1.82) is 0 Å². The maximum absolute atomic E-state index is 2.32. The van der Waals surface area contributed by atoms with E-state index in [1.807, 2.05) is 22.7 Å². The van der Waals surface area contributed by atoms with Crippen LogP contribution in [0, 0.1) is 0 Å². The summed E-state index contributed by atoms with van der Waals surface area (Å²) in [5, 5.41) is 2.17. The largest absolute Gasteiger partial charge is 0.143 e. The molecule has 0 amide bonds. The molecule has 0 aliphatic carbocycles. The van der Waals surface area contributed by atoms with Crippen LogP contribution < -0.4 is 0 Å². The third kappa shape index (κ3) is 3.13. The normalized spacial score (nSPS) is 11.2. The molecule has 1 aromatic carbocycles. The monoisotopic (exact) mass is 300 g/mol. The number of benzene rings is 1. The van der Waals surface area contributed by atoms with Crippen LogP contribution >= 0.6 is 22.7 Å². The van der Waals surface area contributed by atoms with Gasteiger partial charge in [0.2, 0.25) is 0 Å². The number of aryl methyl sites for hydroxylation is 1. The Bertz CT molecular complexity index is 630. The second kappa shape index (κ2) is 6.55. The van der Waals surface area contributed by atoms with Gasteiger partial charge in [-0.2, -0.15) is 0 Å². The zero-order valence-electron chi connectivity index (χ0n) is 11.9. The van der Waals surface area contributed by atoms with E-state index in [-0.39, 0.29) is 0 Å². The SMILES string of the molecule is CCCCCCc1ccc(-c2cc3sccc3s2)cc1. The van der Waals surface area contributed by atoms with Gasteiger partial charge in [0.1, 0.15) is 0 Å². The first-order chi connectivity index (χ1) is 9.86. The average Bonchev–Trinajstić information content (AvgIpc) is 3.05. The van der Waals surface area contributed by atoms with Crippen LogP contribution in [-0.4, -0.2) is 0 Å². The first-order valence-corrected chi connectivity index (χ1v) is 9.13. The topological polar surface area (TPSA) is 0 Å². The van der Waals surface area contributed by atoms with E-state index in [0.29, 0.717) is 0 Å². The molecule has 0 radical (unpaired) electrons. The van der Waals surface area contributed by atoms with Gasteiger partial charge in [-0.3, -0.25) is 0 Å². The molecule has 0 aliphatic heterocycles. The zero-order valence-corrected chi connectivity index (χ0v) is 13.5. The summed E-state index contributed by atoms with van der Waals surface area (Å²) in [6.07, 6.45) is 6.58. The highest BCUT2D eigenvalue weighted by atomic mass is 32.1. The molecule has 0 saturated carbocycles. The third-order valence-corrected chi connectivity index (χ3v) is 5.84. The molecule has 0 saturated heterocycles. The van der Waals surface area contributed by atoms with E-state index in [9.17, 15) is 0 Å². The minimum atomic E-state index is 1.22. The van der Waals surface area contributed by atoms with Gasteiger partial charge in [0, 0.05) is 14.3 Å². The molecular formula is C18H20S2. The number of fused-ring (bicyclic) bond motifs is 1. The Balaban J connectivity index is 1.67. The second-order valence-corrected chi connectivity index (χ2v) is 7.30. The summed E-state index contributed by atoms with van der Waals surface area (Å²) in [5.74, 6) is 0. The number of unbranched alkanes of at least 4 members (excludes halogenated alkanes) is 3. The Kier molecular flexibility index (Phi) is 4.54. The van der Waals surface area contributed by atoms with Crippen molar-refractivity contribution in [3.8, 4) is 10.4 Å². The molecule has 104 valence electrons. The summed E-state index contributed by atoms with van der Waals surface area (Å²) < 4.78 is 2.82. The van der Waals surface area contributed by atoms with E-state index >= 15 is 0 Å². The van der Waals surface area contributed by atoms with Crippen LogP contribution in [0.5, 0.6) is 0 Å². The van der Waals surface area contributed by atoms with Gasteiger partial charge in [-0.25, -0.2) is 0 Å². The first kappa shape index (κ1) is 13.8. The predicted octanol–water partition coefficient (Wildman–Crippen LogP) is 6.75. The van der Waals surface area contributed by atoms with Crippen molar-refractivity contribution in [3.05, 3.63) is 47.3 Å². The Hall–Kier alpha value is -1.12. The fourth-order valence-electron chi connectivity index (χ4n) is 2.50. The molecule has 0 spiro atoms. The third-order valence-electron chi connectivity index (χ3n) is 3.70. The standard InChI is InChI=1S/C18H20S2/c1-2-3-4-5-6-14-7-9-15(10-8-14)17-13-18-16(20-17)11-12-19-18/h7-13H,2-6H2,1H3. The lowest BCUT2D eigenvalue weighted by Gasteiger charge is -2.03. The molecule has 3 rings (SSSR count). The molecule has 3 aromatic rings. The van der Waals surface area contributed by atoms with E-state index in [4.69, 9.17) is 0 Å². The molecule has 0 nitrogen and oxygen atoms in total. The molecule has 0 bridgehead atoms. The summed E-state index contributed by atoms with van der Waals surface area (Å²) in [6, 6.07) is 13.7. The van der Waals surface area contributed by atoms with Gasteiger partial charge in [-0.15, -0.1) is 22.7 Å². The van der Waals surface area contributed by atoms with Crippen molar-refractivity contribution in [2.45, 2.75) is 39.0 Å². The summed E-state index contributed by atoms with van der Waals surface area (Å²) in [4.78, 5) is 1.39. The van der Waals surface area contributed by atoms with E-state index in [2.05, 4.69) is 48.7 Å². The van der Waals surface area contributed by atoms with Crippen LogP contribution in [0.15, 0.2) is 41.8 Å². The highest BCUT2D eigenvalue weighted by molar-refractivity contribution is 7.28. The maximum atomic E-state index is 2.32. The summed E-state index contributed by atoms with van der Waals surface area (Å²) in [5.41, 5.74) is 2.83. The fraction of sp³-hybridized carbons (Fsp3) is 0.333. The van der Waals surface area contributed by atoms with Crippen LogP contribution in [0.2, 0.25) is 0 Å². The van der Waals surface area contributed by atoms with Crippen molar-refractivity contribution in [3.63, 3.8) is 0 Å². The van der Waals surface area contributed by atoms with Crippen LogP contribution in [0.1, 0.15) is 38.2 Å². The first-order valence-electron chi connectivity index (χ1n) is 7.43. The number of rotatable bonds is 6. The van der Waals surface area contributed by atoms with Gasteiger partial charge in [0.05, 0.1) is 0 Å². The molecule has 0 N–H and O–H groups in total. The quantitative estimate of drug-likeness (QED) is 0.441. The lowest BCUT2D eigenvalue weighted by atomic mass is 10.0. The van der Waals surface area contributed by atoms with Gasteiger partial charge in [-0.1, -0.05) is 50.5 Å². The van der Waals surface area contributed by atoms with Gasteiger partial charge in [-0.05, 0) is 41.5 Å². The van der Waals surface area contributed by atoms with Crippen molar-refractivity contribution in [2.75, 3.05) is 0 Å². The molecule has 2 heteroatoms. The van der Waals surface area contributed by atoms with Crippen LogP contribution in [0.3, 0.4) is 0 Å². The molecule has 0 aliphatic rings. The molecule has 20 heavy (non-hydrogen) atoms. The van der Waals surface area contributed by atoms with Crippen molar-refractivity contribution < 1.29 is 0 Å². The Labute approximate surface area is 129 Å². The van der Waals surface area contributed by atoms with E-state index in [1.165, 1.54) is 57.5 Å². The van der Waals surface area contributed by atoms with Gasteiger partial charge in [0.15, 0.2) is 0 Å². The maximum Gasteiger partial charge on any atom is 0.0457 e. The summed E-state index contributed by atoms with van der Waals surface area (Å²) in [7, 11) is 0. The lowest BCUT2D eigenvalue weighted by molar-refractivity contribution is 0.667. The summed E-state index contributed by atoms with van der Waals surface area (Å²) >= 11 is 3.73. The number of hydrogen-bond donors (Lipinski definition) is 0. The highest BCUT2D eigenvalue weighted by Gasteiger charge is 2.05. The molecular weight excluding hydrogens is 280 g/mol. The van der Waals surface area contributed by atoms with Crippen molar-refractivity contribution in [1.82, 2.24) is 0 Å². The van der Waals surface area contributed by atoms with E-state index < -0.39 is 0 Å². The molecule has 2 heterocycles. The fourth-order valence-corrected chi connectivity index (χ4v) is 4.61. The predicted molar refractivity (Wildman–Crippen MR) is 93.0 cm³/mol. The van der Waals surface area contributed by atoms with Gasteiger partial charge in [0.25, 0.3) is 0 Å². The molecule has 0 atom stereocenters. The summed E-state index contributed by atoms with van der Waals surface area (Å²) in [6.45, 7) is 2.26. The van der Waals surface area contributed by atoms with Crippen molar-refractivity contribution in [2.24, 2.45) is 0 Å². The second-order valence-electron chi connectivity index (χ2n) is 5.27.